The highest BCUT2D eigenvalue weighted by Gasteiger charge is 1.95. The molecule has 15 heavy (non-hydrogen) atoms. The molecular weight excluding hydrogens is 182 g/mol. The zero-order valence-electron chi connectivity index (χ0n) is 10.3. The van der Waals surface area contributed by atoms with Gasteiger partial charge in [-0.05, 0) is 25.5 Å². The molecule has 1 rings (SSSR count). The van der Waals surface area contributed by atoms with Gasteiger partial charge in [-0.1, -0.05) is 45.4 Å². The van der Waals surface area contributed by atoms with Gasteiger partial charge in [-0.3, -0.25) is 0 Å². The lowest BCUT2D eigenvalue weighted by Crippen LogP contribution is -1.97. The van der Waals surface area contributed by atoms with E-state index in [2.05, 4.69) is 36.7 Å². The van der Waals surface area contributed by atoms with Crippen LogP contribution in [0.25, 0.3) is 0 Å². The molecule has 0 N–H and O–H groups in total. The molecule has 0 amide bonds. The smallest absolute Gasteiger partial charge is 0.0222 e. The summed E-state index contributed by atoms with van der Waals surface area (Å²) in [6, 6.07) is 4.32. The van der Waals surface area contributed by atoms with Crippen LogP contribution in [-0.4, -0.2) is 4.57 Å². The number of aromatic nitrogens is 1. The van der Waals surface area contributed by atoms with Gasteiger partial charge in [-0.15, -0.1) is 0 Å². The molecule has 0 fully saturated rings. The van der Waals surface area contributed by atoms with Crippen molar-refractivity contribution in [2.24, 2.45) is 0 Å². The van der Waals surface area contributed by atoms with Crippen LogP contribution in [0.15, 0.2) is 18.3 Å². The van der Waals surface area contributed by atoms with E-state index in [-0.39, 0.29) is 0 Å². The molecule has 0 spiro atoms. The fourth-order valence-electron chi connectivity index (χ4n) is 1.99. The summed E-state index contributed by atoms with van der Waals surface area (Å²) in [4.78, 5) is 0. The van der Waals surface area contributed by atoms with Crippen molar-refractivity contribution < 1.29 is 0 Å². The number of aryl methyl sites for hydroxylation is 2. The second-order valence-corrected chi connectivity index (χ2v) is 4.46. The topological polar surface area (TPSA) is 4.93 Å². The van der Waals surface area contributed by atoms with Crippen LogP contribution in [0.1, 0.15) is 57.6 Å². The van der Waals surface area contributed by atoms with Crippen molar-refractivity contribution in [2.45, 2.75) is 65.3 Å². The normalized spacial score (nSPS) is 10.8. The molecular formula is C14H25N. The molecule has 0 saturated carbocycles. The maximum atomic E-state index is 2.35. The molecule has 0 aliphatic carbocycles. The van der Waals surface area contributed by atoms with Crippen molar-refractivity contribution in [3.63, 3.8) is 0 Å². The largest absolute Gasteiger partial charge is 0.352 e. The number of hydrogen-bond donors (Lipinski definition) is 0. The minimum atomic E-state index is 1.20. The van der Waals surface area contributed by atoms with Crippen LogP contribution in [0.3, 0.4) is 0 Å². The summed E-state index contributed by atoms with van der Waals surface area (Å²) >= 11 is 0. The summed E-state index contributed by atoms with van der Waals surface area (Å²) in [6.45, 7) is 5.66. The van der Waals surface area contributed by atoms with Crippen LogP contribution in [0.4, 0.5) is 0 Å². The van der Waals surface area contributed by atoms with Gasteiger partial charge in [0.25, 0.3) is 0 Å². The molecule has 1 aromatic heterocycles. The van der Waals surface area contributed by atoms with Crippen molar-refractivity contribution in [3.8, 4) is 0 Å². The molecule has 0 aromatic carbocycles. The Morgan fingerprint density at radius 1 is 1.00 bits per heavy atom. The standard InChI is InChI=1S/C14H25N/c1-3-4-5-6-7-8-9-12-15-13-10-11-14(15)2/h10-11,13H,3-9,12H2,1-2H3. The van der Waals surface area contributed by atoms with E-state index in [0.29, 0.717) is 0 Å². The Labute approximate surface area is 94.5 Å². The molecule has 1 nitrogen and oxygen atoms in total. The van der Waals surface area contributed by atoms with E-state index in [1.807, 2.05) is 0 Å². The predicted molar refractivity (Wildman–Crippen MR) is 67.2 cm³/mol. The molecule has 1 aromatic rings. The zero-order chi connectivity index (χ0) is 10.9. The second kappa shape index (κ2) is 7.56. The van der Waals surface area contributed by atoms with Gasteiger partial charge < -0.3 is 4.57 Å². The maximum Gasteiger partial charge on any atom is 0.0222 e. The number of nitrogens with zero attached hydrogens (tertiary/aromatic N) is 1. The first-order valence-electron chi connectivity index (χ1n) is 6.46. The Balaban J connectivity index is 1.96. The van der Waals surface area contributed by atoms with Gasteiger partial charge in [0.1, 0.15) is 0 Å². The average Bonchev–Trinajstić information content (AvgIpc) is 2.63. The third-order valence-electron chi connectivity index (χ3n) is 3.06. The van der Waals surface area contributed by atoms with Gasteiger partial charge in [0.15, 0.2) is 0 Å². The van der Waals surface area contributed by atoms with Crippen LogP contribution >= 0.6 is 0 Å². The minimum Gasteiger partial charge on any atom is -0.352 e. The van der Waals surface area contributed by atoms with Crippen LogP contribution in [0.2, 0.25) is 0 Å². The van der Waals surface area contributed by atoms with Gasteiger partial charge in [0.2, 0.25) is 0 Å². The SMILES string of the molecule is CCCCCCCCCn1cccc1C. The van der Waals surface area contributed by atoms with Gasteiger partial charge in [-0.25, -0.2) is 0 Å². The summed E-state index contributed by atoms with van der Waals surface area (Å²) in [5.74, 6) is 0. The maximum absolute atomic E-state index is 2.35. The molecule has 0 aliphatic heterocycles. The quantitative estimate of drug-likeness (QED) is 0.551. The minimum absolute atomic E-state index is 1.20. The number of unbranched alkanes of at least 4 members (excludes halogenated alkanes) is 6. The lowest BCUT2D eigenvalue weighted by molar-refractivity contribution is 0.546. The predicted octanol–water partition coefficient (Wildman–Crippen LogP) is 4.55. The van der Waals surface area contributed by atoms with E-state index in [1.165, 1.54) is 57.2 Å². The van der Waals surface area contributed by atoms with Crippen LogP contribution < -0.4 is 0 Å². The van der Waals surface area contributed by atoms with Crippen LogP contribution in [-0.2, 0) is 6.54 Å². The molecule has 0 unspecified atom stereocenters. The Morgan fingerprint density at radius 2 is 1.67 bits per heavy atom. The van der Waals surface area contributed by atoms with Crippen molar-refractivity contribution in [2.75, 3.05) is 0 Å². The fraction of sp³-hybridized carbons (Fsp3) is 0.714. The molecule has 0 saturated heterocycles. The highest BCUT2D eigenvalue weighted by atomic mass is 14.9. The van der Waals surface area contributed by atoms with Gasteiger partial charge in [0.05, 0.1) is 0 Å². The number of hydrogen-bond acceptors (Lipinski definition) is 0. The Morgan fingerprint density at radius 3 is 2.27 bits per heavy atom. The van der Waals surface area contributed by atoms with Crippen molar-refractivity contribution in [1.82, 2.24) is 4.57 Å². The molecule has 86 valence electrons. The third-order valence-corrected chi connectivity index (χ3v) is 3.06. The van der Waals surface area contributed by atoms with Gasteiger partial charge >= 0.3 is 0 Å². The zero-order valence-corrected chi connectivity index (χ0v) is 10.3. The number of rotatable bonds is 8. The lowest BCUT2D eigenvalue weighted by atomic mass is 10.1. The van der Waals surface area contributed by atoms with Crippen molar-refractivity contribution in [3.05, 3.63) is 24.0 Å². The first kappa shape index (κ1) is 12.4. The highest BCUT2D eigenvalue weighted by Crippen LogP contribution is 2.09. The van der Waals surface area contributed by atoms with E-state index >= 15 is 0 Å². The first-order chi connectivity index (χ1) is 7.34. The van der Waals surface area contributed by atoms with E-state index in [9.17, 15) is 0 Å². The highest BCUT2D eigenvalue weighted by molar-refractivity contribution is 5.03. The monoisotopic (exact) mass is 207 g/mol. The molecule has 0 radical (unpaired) electrons. The fourth-order valence-corrected chi connectivity index (χ4v) is 1.99. The Kier molecular flexibility index (Phi) is 6.22. The van der Waals surface area contributed by atoms with Crippen LogP contribution in [0, 0.1) is 6.92 Å². The van der Waals surface area contributed by atoms with Crippen molar-refractivity contribution >= 4 is 0 Å². The lowest BCUT2D eigenvalue weighted by Gasteiger charge is -2.05. The summed E-state index contributed by atoms with van der Waals surface area (Å²) in [7, 11) is 0. The summed E-state index contributed by atoms with van der Waals surface area (Å²) in [5.41, 5.74) is 1.39. The molecule has 0 bridgehead atoms. The first-order valence-corrected chi connectivity index (χ1v) is 6.46. The van der Waals surface area contributed by atoms with E-state index in [0.717, 1.165) is 0 Å². The molecule has 0 aliphatic rings. The molecule has 1 heterocycles. The second-order valence-electron chi connectivity index (χ2n) is 4.46. The van der Waals surface area contributed by atoms with E-state index in [1.54, 1.807) is 0 Å². The van der Waals surface area contributed by atoms with Gasteiger partial charge in [-0.2, -0.15) is 0 Å². The van der Waals surface area contributed by atoms with Gasteiger partial charge in [0, 0.05) is 18.4 Å². The average molecular weight is 207 g/mol. The Hall–Kier alpha value is -0.720. The Bertz CT molecular complexity index is 250. The third kappa shape index (κ3) is 5.06. The van der Waals surface area contributed by atoms with E-state index in [4.69, 9.17) is 0 Å². The van der Waals surface area contributed by atoms with Crippen LogP contribution in [0.5, 0.6) is 0 Å². The van der Waals surface area contributed by atoms with E-state index < -0.39 is 0 Å². The summed E-state index contributed by atoms with van der Waals surface area (Å²) in [6.07, 6.45) is 12.0. The van der Waals surface area contributed by atoms with Crippen molar-refractivity contribution in [1.29, 1.82) is 0 Å². The molecule has 1 heteroatoms. The summed E-state index contributed by atoms with van der Waals surface area (Å²) < 4.78 is 2.35. The summed E-state index contributed by atoms with van der Waals surface area (Å²) in [5, 5.41) is 0. The molecule has 0 atom stereocenters.